The van der Waals surface area contributed by atoms with E-state index >= 15 is 0 Å². The number of nitrogens with one attached hydrogen (secondary N) is 1. The summed E-state index contributed by atoms with van der Waals surface area (Å²) >= 11 is 0. The highest BCUT2D eigenvalue weighted by Crippen LogP contribution is 2.29. The van der Waals surface area contributed by atoms with Gasteiger partial charge in [-0.05, 0) is 37.5 Å². The molecule has 0 heterocycles. The van der Waals surface area contributed by atoms with Gasteiger partial charge in [0.25, 0.3) is 0 Å². The molecule has 0 atom stereocenters. The first-order valence-corrected chi connectivity index (χ1v) is 9.22. The molecular formula is C18H23NO4S. The van der Waals surface area contributed by atoms with Gasteiger partial charge >= 0.3 is 0 Å². The molecule has 1 N–H and O–H groups in total. The molecule has 6 heteroatoms. The molecule has 0 unspecified atom stereocenters. The smallest absolute Gasteiger partial charge is 0.240 e. The van der Waals surface area contributed by atoms with Crippen molar-refractivity contribution in [1.82, 2.24) is 4.72 Å². The van der Waals surface area contributed by atoms with Crippen LogP contribution in [0, 0.1) is 6.92 Å². The molecule has 0 aromatic heterocycles. The summed E-state index contributed by atoms with van der Waals surface area (Å²) in [6, 6.07) is 12.8. The van der Waals surface area contributed by atoms with E-state index in [-0.39, 0.29) is 4.90 Å². The number of aryl methyl sites for hydroxylation is 2. The lowest BCUT2D eigenvalue weighted by molar-refractivity contribution is 0.354. The monoisotopic (exact) mass is 349 g/mol. The highest BCUT2D eigenvalue weighted by Gasteiger charge is 2.16. The summed E-state index contributed by atoms with van der Waals surface area (Å²) < 4.78 is 37.6. The highest BCUT2D eigenvalue weighted by molar-refractivity contribution is 7.89. The summed E-state index contributed by atoms with van der Waals surface area (Å²) in [5.41, 5.74) is 2.42. The van der Waals surface area contributed by atoms with Gasteiger partial charge in [-0.25, -0.2) is 13.1 Å². The molecule has 2 aromatic rings. The number of hydrogen-bond acceptors (Lipinski definition) is 4. The van der Waals surface area contributed by atoms with Crippen LogP contribution in [-0.4, -0.2) is 29.2 Å². The van der Waals surface area contributed by atoms with Crippen molar-refractivity contribution in [2.45, 2.75) is 24.7 Å². The molecule has 0 radical (unpaired) electrons. The molecule has 2 rings (SSSR count). The molecule has 24 heavy (non-hydrogen) atoms. The van der Waals surface area contributed by atoms with Crippen LogP contribution in [0.2, 0.25) is 0 Å². The molecular weight excluding hydrogens is 326 g/mol. The van der Waals surface area contributed by atoms with E-state index < -0.39 is 10.0 Å². The minimum Gasteiger partial charge on any atom is -0.493 e. The van der Waals surface area contributed by atoms with Crippen LogP contribution < -0.4 is 14.2 Å². The quantitative estimate of drug-likeness (QED) is 0.744. The van der Waals surface area contributed by atoms with Crippen molar-refractivity contribution < 1.29 is 17.9 Å². The molecule has 0 spiro atoms. The maximum atomic E-state index is 12.3. The maximum Gasteiger partial charge on any atom is 0.240 e. The van der Waals surface area contributed by atoms with E-state index in [2.05, 4.69) is 29.0 Å². The summed E-state index contributed by atoms with van der Waals surface area (Å²) in [6.07, 6.45) is 1.56. The Kier molecular flexibility index (Phi) is 6.23. The van der Waals surface area contributed by atoms with Gasteiger partial charge in [-0.3, -0.25) is 0 Å². The third kappa shape index (κ3) is 4.72. The van der Waals surface area contributed by atoms with Crippen LogP contribution in [0.3, 0.4) is 0 Å². The average Bonchev–Trinajstić information content (AvgIpc) is 2.59. The van der Waals surface area contributed by atoms with E-state index in [0.717, 1.165) is 12.8 Å². The Bertz CT molecular complexity index is 770. The van der Waals surface area contributed by atoms with E-state index in [1.54, 1.807) is 6.07 Å². The molecule has 0 aliphatic heterocycles. The summed E-state index contributed by atoms with van der Waals surface area (Å²) in [6.45, 7) is 2.42. The van der Waals surface area contributed by atoms with Crippen molar-refractivity contribution in [3.63, 3.8) is 0 Å². The molecule has 0 aliphatic rings. The van der Waals surface area contributed by atoms with Crippen molar-refractivity contribution >= 4 is 10.0 Å². The third-order valence-electron chi connectivity index (χ3n) is 3.72. The van der Waals surface area contributed by atoms with Gasteiger partial charge in [-0.1, -0.05) is 29.8 Å². The first kappa shape index (κ1) is 18.3. The number of rotatable bonds is 8. The maximum absolute atomic E-state index is 12.3. The van der Waals surface area contributed by atoms with Crippen LogP contribution in [0.25, 0.3) is 0 Å². The minimum absolute atomic E-state index is 0.162. The normalized spacial score (nSPS) is 11.3. The number of sulfonamides is 1. The fourth-order valence-electron chi connectivity index (χ4n) is 2.32. The zero-order valence-electron chi connectivity index (χ0n) is 14.2. The van der Waals surface area contributed by atoms with Crippen LogP contribution >= 0.6 is 0 Å². The molecule has 0 bridgehead atoms. The van der Waals surface area contributed by atoms with Gasteiger partial charge in [0.1, 0.15) is 0 Å². The molecule has 0 fully saturated rings. The predicted octanol–water partition coefficient (Wildman–Crippen LogP) is 2.92. The molecule has 0 saturated heterocycles. The topological polar surface area (TPSA) is 64.6 Å². The van der Waals surface area contributed by atoms with Crippen molar-refractivity contribution in [2.75, 3.05) is 20.8 Å². The van der Waals surface area contributed by atoms with Gasteiger partial charge in [0.05, 0.1) is 19.1 Å². The van der Waals surface area contributed by atoms with E-state index in [0.29, 0.717) is 18.0 Å². The lowest BCUT2D eigenvalue weighted by Crippen LogP contribution is -2.25. The van der Waals surface area contributed by atoms with Gasteiger partial charge in [-0.2, -0.15) is 0 Å². The van der Waals surface area contributed by atoms with E-state index in [4.69, 9.17) is 9.47 Å². The van der Waals surface area contributed by atoms with Crippen LogP contribution in [0.15, 0.2) is 47.4 Å². The van der Waals surface area contributed by atoms with Crippen LogP contribution in [0.5, 0.6) is 11.5 Å². The summed E-state index contributed by atoms with van der Waals surface area (Å²) in [7, 11) is -0.580. The Morgan fingerprint density at radius 1 is 0.958 bits per heavy atom. The Balaban J connectivity index is 1.94. The SMILES string of the molecule is COc1ccc(S(=O)(=O)NCCCc2ccc(C)cc2)cc1OC. The van der Waals surface area contributed by atoms with E-state index in [1.165, 1.54) is 37.5 Å². The first-order chi connectivity index (χ1) is 11.5. The fraction of sp³-hybridized carbons (Fsp3) is 0.333. The Hall–Kier alpha value is -2.05. The highest BCUT2D eigenvalue weighted by atomic mass is 32.2. The zero-order chi connectivity index (χ0) is 17.6. The van der Waals surface area contributed by atoms with Gasteiger partial charge in [0.15, 0.2) is 11.5 Å². The lowest BCUT2D eigenvalue weighted by atomic mass is 10.1. The molecule has 0 amide bonds. The second-order valence-electron chi connectivity index (χ2n) is 5.50. The van der Waals surface area contributed by atoms with Gasteiger partial charge in [0.2, 0.25) is 10.0 Å². The van der Waals surface area contributed by atoms with Crippen LogP contribution in [-0.2, 0) is 16.4 Å². The van der Waals surface area contributed by atoms with Crippen molar-refractivity contribution in [2.24, 2.45) is 0 Å². The molecule has 0 saturated carbocycles. The molecule has 0 aliphatic carbocycles. The Morgan fingerprint density at radius 2 is 1.62 bits per heavy atom. The van der Waals surface area contributed by atoms with E-state index in [9.17, 15) is 8.42 Å². The summed E-state index contributed by atoms with van der Waals surface area (Å²) in [5, 5.41) is 0. The van der Waals surface area contributed by atoms with E-state index in [1.807, 2.05) is 6.92 Å². The lowest BCUT2D eigenvalue weighted by Gasteiger charge is -2.11. The van der Waals surface area contributed by atoms with Crippen molar-refractivity contribution in [1.29, 1.82) is 0 Å². The Labute approximate surface area is 143 Å². The molecule has 2 aromatic carbocycles. The van der Waals surface area contributed by atoms with Gasteiger partial charge in [0, 0.05) is 12.6 Å². The van der Waals surface area contributed by atoms with Crippen LogP contribution in [0.4, 0.5) is 0 Å². The number of benzene rings is 2. The van der Waals surface area contributed by atoms with Crippen molar-refractivity contribution in [3.8, 4) is 11.5 Å². The second kappa shape index (κ2) is 8.17. The summed E-state index contributed by atoms with van der Waals surface area (Å²) in [5.74, 6) is 0.885. The number of hydrogen-bond donors (Lipinski definition) is 1. The Morgan fingerprint density at radius 3 is 2.25 bits per heavy atom. The van der Waals surface area contributed by atoms with Crippen LogP contribution in [0.1, 0.15) is 17.5 Å². The molecule has 130 valence electrons. The average molecular weight is 349 g/mol. The minimum atomic E-state index is -3.56. The first-order valence-electron chi connectivity index (χ1n) is 7.73. The fourth-order valence-corrected chi connectivity index (χ4v) is 3.41. The second-order valence-corrected chi connectivity index (χ2v) is 7.27. The van der Waals surface area contributed by atoms with Gasteiger partial charge < -0.3 is 9.47 Å². The van der Waals surface area contributed by atoms with Crippen molar-refractivity contribution in [3.05, 3.63) is 53.6 Å². The number of ether oxygens (including phenoxy) is 2. The largest absolute Gasteiger partial charge is 0.493 e. The number of methoxy groups -OCH3 is 2. The molecule has 5 nitrogen and oxygen atoms in total. The van der Waals surface area contributed by atoms with Gasteiger partial charge in [-0.15, -0.1) is 0 Å². The third-order valence-corrected chi connectivity index (χ3v) is 5.18. The summed E-state index contributed by atoms with van der Waals surface area (Å²) in [4.78, 5) is 0.162. The standard InChI is InChI=1S/C18H23NO4S/c1-14-6-8-15(9-7-14)5-4-12-19-24(20,21)16-10-11-17(22-2)18(13-16)23-3/h6-11,13,19H,4-5,12H2,1-3H3. The zero-order valence-corrected chi connectivity index (χ0v) is 15.0. The predicted molar refractivity (Wildman–Crippen MR) is 94.2 cm³/mol.